The van der Waals surface area contributed by atoms with Crippen molar-refractivity contribution in [2.75, 3.05) is 19.7 Å². The number of phenols is 1. The number of aromatic hydroxyl groups is 1. The Morgan fingerprint density at radius 2 is 1.76 bits per heavy atom. The molecule has 0 bridgehead atoms. The van der Waals surface area contributed by atoms with Crippen LogP contribution < -0.4 is 10.6 Å². The number of nitrogens with zero attached hydrogens (tertiary/aromatic N) is 1. The van der Waals surface area contributed by atoms with E-state index in [9.17, 15) is 24.3 Å². The maximum absolute atomic E-state index is 13.8. The molecular formula is C27H43N3O7. The van der Waals surface area contributed by atoms with Gasteiger partial charge in [0, 0.05) is 13.1 Å². The molecular weight excluding hydrogens is 478 g/mol. The molecule has 0 aliphatic heterocycles. The summed E-state index contributed by atoms with van der Waals surface area (Å²) >= 11 is 0. The van der Waals surface area contributed by atoms with E-state index in [1.54, 1.807) is 53.7 Å². The van der Waals surface area contributed by atoms with Crippen molar-refractivity contribution in [3.63, 3.8) is 0 Å². The van der Waals surface area contributed by atoms with Gasteiger partial charge in [0.05, 0.1) is 13.0 Å². The fourth-order valence-electron chi connectivity index (χ4n) is 3.75. The highest BCUT2D eigenvalue weighted by Crippen LogP contribution is 2.27. The van der Waals surface area contributed by atoms with E-state index in [0.29, 0.717) is 17.5 Å². The number of ether oxygens (including phenoxy) is 2. The molecule has 1 aromatic rings. The van der Waals surface area contributed by atoms with Crippen LogP contribution in [0.5, 0.6) is 5.75 Å². The number of benzene rings is 1. The number of hydrogen-bond donors (Lipinski definition) is 3. The number of carbonyl (C=O) groups is 4. The summed E-state index contributed by atoms with van der Waals surface area (Å²) in [7, 11) is 0. The molecule has 0 spiro atoms. The number of likely N-dealkylation sites (N-methyl/N-ethyl adjacent to an activating group) is 1. The zero-order valence-corrected chi connectivity index (χ0v) is 23.3. The SMILES string of the molecule is CCOC(=O)CCNC(=O)C(c1ccc(O)c(C)c1)N(CC)C(=O)C(CC(C)C)NC(=O)OC(C)(C)C. The number of phenolic OH excluding ortho intramolecular Hbond substituents is 1. The van der Waals surface area contributed by atoms with E-state index in [1.807, 2.05) is 13.8 Å². The number of amides is 3. The second kappa shape index (κ2) is 14.4. The van der Waals surface area contributed by atoms with E-state index in [4.69, 9.17) is 9.47 Å². The molecule has 37 heavy (non-hydrogen) atoms. The van der Waals surface area contributed by atoms with Crippen LogP contribution in [-0.2, 0) is 23.9 Å². The van der Waals surface area contributed by atoms with Gasteiger partial charge in [-0.15, -0.1) is 0 Å². The van der Waals surface area contributed by atoms with Crippen molar-refractivity contribution in [3.8, 4) is 5.75 Å². The minimum Gasteiger partial charge on any atom is -0.508 e. The first-order chi connectivity index (χ1) is 17.2. The Balaban J connectivity index is 3.33. The van der Waals surface area contributed by atoms with Gasteiger partial charge in [-0.1, -0.05) is 19.9 Å². The lowest BCUT2D eigenvalue weighted by atomic mass is 9.98. The van der Waals surface area contributed by atoms with Crippen molar-refractivity contribution >= 4 is 23.9 Å². The summed E-state index contributed by atoms with van der Waals surface area (Å²) in [5.74, 6) is -1.26. The molecule has 3 N–H and O–H groups in total. The Bertz CT molecular complexity index is 940. The van der Waals surface area contributed by atoms with E-state index in [0.717, 1.165) is 0 Å². The topological polar surface area (TPSA) is 134 Å². The van der Waals surface area contributed by atoms with Gasteiger partial charge >= 0.3 is 12.1 Å². The predicted octanol–water partition coefficient (Wildman–Crippen LogP) is 3.60. The van der Waals surface area contributed by atoms with Gasteiger partial charge < -0.3 is 30.1 Å². The number of esters is 1. The van der Waals surface area contributed by atoms with Gasteiger partial charge in [-0.25, -0.2) is 4.79 Å². The van der Waals surface area contributed by atoms with Crippen LogP contribution in [0, 0.1) is 12.8 Å². The molecule has 0 fully saturated rings. The van der Waals surface area contributed by atoms with Crippen LogP contribution in [0.15, 0.2) is 18.2 Å². The fraction of sp³-hybridized carbons (Fsp3) is 0.630. The Morgan fingerprint density at radius 1 is 1.11 bits per heavy atom. The molecule has 0 saturated heterocycles. The van der Waals surface area contributed by atoms with Crippen LogP contribution >= 0.6 is 0 Å². The van der Waals surface area contributed by atoms with Gasteiger partial charge in [0.2, 0.25) is 11.8 Å². The van der Waals surface area contributed by atoms with Crippen molar-refractivity contribution in [1.82, 2.24) is 15.5 Å². The third-order valence-electron chi connectivity index (χ3n) is 5.35. The van der Waals surface area contributed by atoms with E-state index in [2.05, 4.69) is 10.6 Å². The smallest absolute Gasteiger partial charge is 0.408 e. The number of rotatable bonds is 12. The summed E-state index contributed by atoms with van der Waals surface area (Å²) in [6.07, 6.45) is -0.407. The van der Waals surface area contributed by atoms with Crippen LogP contribution in [-0.4, -0.2) is 65.2 Å². The molecule has 10 nitrogen and oxygen atoms in total. The average Bonchev–Trinajstić information content (AvgIpc) is 2.77. The Morgan fingerprint density at radius 3 is 2.27 bits per heavy atom. The average molecular weight is 522 g/mol. The molecule has 208 valence electrons. The zero-order valence-electron chi connectivity index (χ0n) is 23.3. The number of carbonyl (C=O) groups excluding carboxylic acids is 4. The second-order valence-corrected chi connectivity index (χ2v) is 10.2. The lowest BCUT2D eigenvalue weighted by Crippen LogP contribution is -2.53. The van der Waals surface area contributed by atoms with E-state index in [1.165, 1.54) is 11.0 Å². The van der Waals surface area contributed by atoms with Crippen LogP contribution in [0.25, 0.3) is 0 Å². The van der Waals surface area contributed by atoms with Gasteiger partial charge in [0.1, 0.15) is 23.4 Å². The van der Waals surface area contributed by atoms with Crippen molar-refractivity contribution in [1.29, 1.82) is 0 Å². The standard InChI is InChI=1S/C27H43N3O7/c1-9-30(25(34)20(15-17(3)4)29-26(35)37-27(6,7)8)23(19-11-12-21(31)18(5)16-19)24(33)28-14-13-22(32)36-10-2/h11-12,16-17,20,23,31H,9-10,13-15H2,1-8H3,(H,28,33)(H,29,35). The molecule has 1 aromatic carbocycles. The molecule has 0 aromatic heterocycles. The summed E-state index contributed by atoms with van der Waals surface area (Å²) in [6.45, 7) is 14.6. The first kappa shape index (κ1) is 31.7. The van der Waals surface area contributed by atoms with Crippen molar-refractivity contribution < 1.29 is 33.8 Å². The number of aryl methyl sites for hydroxylation is 1. The predicted molar refractivity (Wildman–Crippen MR) is 140 cm³/mol. The van der Waals surface area contributed by atoms with Crippen LogP contribution in [0.4, 0.5) is 4.79 Å². The Kier molecular flexibility index (Phi) is 12.4. The summed E-state index contributed by atoms with van der Waals surface area (Å²) < 4.78 is 10.3. The molecule has 2 unspecified atom stereocenters. The highest BCUT2D eigenvalue weighted by atomic mass is 16.6. The molecule has 0 aliphatic carbocycles. The number of hydrogen-bond acceptors (Lipinski definition) is 7. The summed E-state index contributed by atoms with van der Waals surface area (Å²) in [5, 5.41) is 15.4. The number of alkyl carbamates (subject to hydrolysis) is 1. The quantitative estimate of drug-likeness (QED) is 0.358. The number of nitrogens with one attached hydrogen (secondary N) is 2. The van der Waals surface area contributed by atoms with Gasteiger partial charge in [-0.05, 0) is 77.1 Å². The maximum Gasteiger partial charge on any atom is 0.408 e. The van der Waals surface area contributed by atoms with Gasteiger partial charge in [0.25, 0.3) is 0 Å². The van der Waals surface area contributed by atoms with E-state index in [-0.39, 0.29) is 37.8 Å². The van der Waals surface area contributed by atoms with Crippen LogP contribution in [0.2, 0.25) is 0 Å². The van der Waals surface area contributed by atoms with Gasteiger partial charge in [-0.3, -0.25) is 14.4 Å². The fourth-order valence-corrected chi connectivity index (χ4v) is 3.75. The molecule has 0 aliphatic rings. The molecule has 0 saturated carbocycles. The minimum atomic E-state index is -1.06. The lowest BCUT2D eigenvalue weighted by Gasteiger charge is -2.34. The first-order valence-corrected chi connectivity index (χ1v) is 12.7. The summed E-state index contributed by atoms with van der Waals surface area (Å²) in [6, 6.07) is 2.69. The molecule has 2 atom stereocenters. The highest BCUT2D eigenvalue weighted by molar-refractivity contribution is 5.92. The Labute approximate surface area is 220 Å². The molecule has 10 heteroatoms. The van der Waals surface area contributed by atoms with Crippen LogP contribution in [0.3, 0.4) is 0 Å². The third-order valence-corrected chi connectivity index (χ3v) is 5.35. The van der Waals surface area contributed by atoms with Crippen molar-refractivity contribution in [2.24, 2.45) is 5.92 Å². The molecule has 0 heterocycles. The lowest BCUT2D eigenvalue weighted by molar-refractivity contribution is -0.144. The zero-order chi connectivity index (χ0) is 28.3. The third kappa shape index (κ3) is 10.7. The highest BCUT2D eigenvalue weighted by Gasteiger charge is 2.36. The van der Waals surface area contributed by atoms with Gasteiger partial charge in [-0.2, -0.15) is 0 Å². The van der Waals surface area contributed by atoms with E-state index >= 15 is 0 Å². The van der Waals surface area contributed by atoms with Crippen LogP contribution in [0.1, 0.15) is 78.5 Å². The molecule has 1 rings (SSSR count). The molecule has 0 radical (unpaired) electrons. The summed E-state index contributed by atoms with van der Waals surface area (Å²) in [5.41, 5.74) is 0.279. The minimum absolute atomic E-state index is 0.0167. The Hall–Kier alpha value is -3.30. The second-order valence-electron chi connectivity index (χ2n) is 10.2. The van der Waals surface area contributed by atoms with Gasteiger partial charge in [0.15, 0.2) is 0 Å². The monoisotopic (exact) mass is 521 g/mol. The largest absolute Gasteiger partial charge is 0.508 e. The van der Waals surface area contributed by atoms with Crippen molar-refractivity contribution in [3.05, 3.63) is 29.3 Å². The summed E-state index contributed by atoms with van der Waals surface area (Å²) in [4.78, 5) is 52.8. The first-order valence-electron chi connectivity index (χ1n) is 12.7. The molecule has 3 amide bonds. The maximum atomic E-state index is 13.8. The normalized spacial score (nSPS) is 12.9. The van der Waals surface area contributed by atoms with E-state index < -0.39 is 41.6 Å². The van der Waals surface area contributed by atoms with Crippen molar-refractivity contribution in [2.45, 2.75) is 85.9 Å².